The van der Waals surface area contributed by atoms with E-state index in [0.29, 0.717) is 37.0 Å². The van der Waals surface area contributed by atoms with Gasteiger partial charge in [-0.2, -0.15) is 13.2 Å². The van der Waals surface area contributed by atoms with Gasteiger partial charge in [0.15, 0.2) is 0 Å². The van der Waals surface area contributed by atoms with E-state index in [1.54, 1.807) is 130 Å². The van der Waals surface area contributed by atoms with E-state index in [0.717, 1.165) is 39.4 Å². The summed E-state index contributed by atoms with van der Waals surface area (Å²) in [6, 6.07) is 31.4. The monoisotopic (exact) mass is 1360 g/mol. The van der Waals surface area contributed by atoms with Gasteiger partial charge in [-0.15, -0.1) is 11.8 Å². The second kappa shape index (κ2) is 30.2. The molecule has 1 heterocycles. The second-order valence-electron chi connectivity index (χ2n) is 25.4. The van der Waals surface area contributed by atoms with Crippen molar-refractivity contribution in [2.75, 3.05) is 61.9 Å². The van der Waals surface area contributed by atoms with Gasteiger partial charge in [-0.3, -0.25) is 36.8 Å². The summed E-state index contributed by atoms with van der Waals surface area (Å²) in [5.74, 6) is -1.07. The topological polar surface area (TPSA) is 226 Å². The number of sulfonamides is 1. The minimum absolute atomic E-state index is 0.00184. The predicted octanol–water partition coefficient (Wildman–Crippen LogP) is 15.1. The Bertz CT molecular complexity index is 3390. The van der Waals surface area contributed by atoms with Crippen LogP contribution in [0.5, 0.6) is 0 Å². The molecular weight excluding hydrogens is 1280 g/mol. The Morgan fingerprint density at radius 1 is 0.697 bits per heavy atom. The summed E-state index contributed by atoms with van der Waals surface area (Å²) in [5, 5.41) is 15.2. The summed E-state index contributed by atoms with van der Waals surface area (Å²) in [4.78, 5) is 15.9. The molecule has 2 atom stereocenters. The number of nitrogens with zero attached hydrogens (tertiary/aromatic N) is 2. The van der Waals surface area contributed by atoms with Gasteiger partial charge >= 0.3 is 21.2 Å². The molecule has 0 aliphatic carbocycles. The third-order valence-corrected chi connectivity index (χ3v) is 21.6. The quantitative estimate of drug-likeness (QED) is 0.0312. The number of benzene rings is 5. The van der Waals surface area contributed by atoms with E-state index >= 15 is 0 Å². The number of halogens is 4. The highest BCUT2D eigenvalue weighted by atomic mass is 35.5. The van der Waals surface area contributed by atoms with Gasteiger partial charge in [0, 0.05) is 65.7 Å². The standard InChI is InChI=1S/C62H84ClF3N4O14P2S3/c1-58(2,3)81-85(73,82-59(4,5)6)79-40-38-69(39-41-80-86(74,83-60(7,8)9)84-61(10,11)12)35-34-48(43-87-50-18-14-13-15-19-50)67-54-31-30-51(42-55(54)88(75,76)62(64,65)66)89(77,78)68-57(72)46-24-28-49(29-25-46)70-36-32-45(33-37-70)56(71)53-21-17-16-20-52(53)44-22-26-47(63)27-23-44/h13-31,42,45,48,56,67,71H,32-41,43H2,1-12H3,(H,68,72)/t48-,56-/m1/s1. The molecule has 3 N–H and O–H groups in total. The van der Waals surface area contributed by atoms with Crippen molar-refractivity contribution >= 4 is 76.2 Å². The average Bonchev–Trinajstić information content (AvgIpc) is 1.42. The van der Waals surface area contributed by atoms with Crippen LogP contribution in [0.1, 0.15) is 124 Å². The Morgan fingerprint density at radius 3 is 1.71 bits per heavy atom. The van der Waals surface area contributed by atoms with Gasteiger partial charge in [0.05, 0.1) is 52.3 Å². The minimum atomic E-state index is -6.29. The highest BCUT2D eigenvalue weighted by molar-refractivity contribution is 7.99. The van der Waals surface area contributed by atoms with Gasteiger partial charge < -0.3 is 15.3 Å². The Hall–Kier alpha value is -4.36. The summed E-state index contributed by atoms with van der Waals surface area (Å²) in [5.41, 5.74) is -7.08. The number of nitrogens with one attached hydrogen (secondary N) is 2. The molecule has 1 saturated heterocycles. The SMILES string of the molecule is CC(C)(C)OP(=O)(OCCN(CCOP(=O)(OC(C)(C)C)OC(C)(C)C)CC[C@H](CSc1ccccc1)Nc1ccc(S(=O)(=O)NC(=O)c2ccc(N3CCC([C@@H](O)c4ccccc4-c4ccc(Cl)cc4)CC3)cc2)cc1S(=O)(=O)C(F)(F)F)OC(C)(C)C. The number of alkyl halides is 3. The molecule has 0 bridgehead atoms. The van der Waals surface area contributed by atoms with Crippen molar-refractivity contribution in [3.05, 3.63) is 137 Å². The number of carbonyl (C=O) groups is 1. The van der Waals surface area contributed by atoms with Crippen LogP contribution in [0.15, 0.2) is 136 Å². The molecule has 0 aromatic heterocycles. The Balaban J connectivity index is 1.22. The van der Waals surface area contributed by atoms with Gasteiger partial charge in [-0.25, -0.2) is 30.7 Å². The Labute approximate surface area is 532 Å². The number of phosphoric acid groups is 2. The zero-order valence-electron chi connectivity index (χ0n) is 52.3. The zero-order chi connectivity index (χ0) is 66.0. The van der Waals surface area contributed by atoms with Gasteiger partial charge in [0.1, 0.15) is 4.90 Å². The maximum absolute atomic E-state index is 14.7. The molecule has 0 saturated carbocycles. The molecule has 5 aromatic carbocycles. The fourth-order valence-corrected chi connectivity index (χ4v) is 16.1. The largest absolute Gasteiger partial charge is 0.501 e. The molecule has 18 nitrogen and oxygen atoms in total. The minimum Gasteiger partial charge on any atom is -0.388 e. The summed E-state index contributed by atoms with van der Waals surface area (Å²) in [6.45, 7) is 20.9. The van der Waals surface area contributed by atoms with Crippen molar-refractivity contribution in [3.8, 4) is 11.1 Å². The van der Waals surface area contributed by atoms with Crippen LogP contribution < -0.4 is 14.9 Å². The predicted molar refractivity (Wildman–Crippen MR) is 344 cm³/mol. The number of aliphatic hydroxyl groups is 1. The lowest BCUT2D eigenvalue weighted by Gasteiger charge is -2.36. The van der Waals surface area contributed by atoms with Crippen LogP contribution in [-0.2, 0) is 56.1 Å². The molecule has 89 heavy (non-hydrogen) atoms. The molecule has 5 aromatic rings. The van der Waals surface area contributed by atoms with E-state index in [2.05, 4.69) is 10.2 Å². The maximum Gasteiger partial charge on any atom is 0.501 e. The molecule has 27 heteroatoms. The summed E-state index contributed by atoms with van der Waals surface area (Å²) < 4.78 is 164. The summed E-state index contributed by atoms with van der Waals surface area (Å²) >= 11 is 7.43. The number of sulfone groups is 1. The lowest BCUT2D eigenvalue weighted by atomic mass is 9.84. The van der Waals surface area contributed by atoms with Crippen molar-refractivity contribution in [3.63, 3.8) is 0 Å². The van der Waals surface area contributed by atoms with E-state index in [1.807, 2.05) is 53.3 Å². The fraction of sp³-hybridized carbons (Fsp3) is 0.500. The highest BCUT2D eigenvalue weighted by Crippen LogP contribution is 2.56. The lowest BCUT2D eigenvalue weighted by molar-refractivity contribution is -0.0436. The van der Waals surface area contributed by atoms with Crippen LogP contribution in [0.2, 0.25) is 5.02 Å². The smallest absolute Gasteiger partial charge is 0.388 e. The van der Waals surface area contributed by atoms with E-state index in [1.165, 1.54) is 23.9 Å². The van der Waals surface area contributed by atoms with E-state index in [9.17, 15) is 49.0 Å². The second-order valence-corrected chi connectivity index (χ2v) is 33.6. The fourth-order valence-electron chi connectivity index (χ4n) is 9.43. The number of amides is 1. The number of phosphoric ester groups is 2. The first-order valence-electron chi connectivity index (χ1n) is 29.0. The number of aliphatic hydroxyl groups excluding tert-OH is 1. The van der Waals surface area contributed by atoms with Crippen LogP contribution in [-0.4, -0.2) is 118 Å². The lowest BCUT2D eigenvalue weighted by Crippen LogP contribution is -2.36. The molecule has 0 unspecified atom stereocenters. The van der Waals surface area contributed by atoms with Crippen molar-refractivity contribution < 1.29 is 76.2 Å². The Kier molecular flexibility index (Phi) is 25.0. The molecule has 1 aliphatic heterocycles. The van der Waals surface area contributed by atoms with E-state index in [-0.39, 0.29) is 56.5 Å². The molecule has 0 radical (unpaired) electrons. The van der Waals surface area contributed by atoms with Crippen LogP contribution in [0.4, 0.5) is 24.5 Å². The number of rotatable bonds is 28. The zero-order valence-corrected chi connectivity index (χ0v) is 57.3. The number of piperidine rings is 1. The van der Waals surface area contributed by atoms with Crippen molar-refractivity contribution in [1.29, 1.82) is 0 Å². The third kappa shape index (κ3) is 23.0. The third-order valence-electron chi connectivity index (χ3n) is 13.2. The van der Waals surface area contributed by atoms with Crippen LogP contribution in [0, 0.1) is 5.92 Å². The van der Waals surface area contributed by atoms with E-state index < -0.39 is 96.9 Å². The summed E-state index contributed by atoms with van der Waals surface area (Å²) in [7, 11) is -19.8. The number of thioether (sulfide) groups is 1. The van der Waals surface area contributed by atoms with Crippen molar-refractivity contribution in [2.45, 2.75) is 157 Å². The first kappa shape index (κ1) is 73.7. The highest BCUT2D eigenvalue weighted by Gasteiger charge is 2.49. The number of carbonyl (C=O) groups excluding carboxylic acids is 1. The molecule has 6 rings (SSSR count). The van der Waals surface area contributed by atoms with E-state index in [4.69, 9.17) is 38.7 Å². The van der Waals surface area contributed by atoms with Crippen LogP contribution in [0.3, 0.4) is 0 Å². The molecule has 492 valence electrons. The van der Waals surface area contributed by atoms with Crippen molar-refractivity contribution in [1.82, 2.24) is 9.62 Å². The van der Waals surface area contributed by atoms with Crippen LogP contribution >= 0.6 is 39.0 Å². The first-order valence-corrected chi connectivity index (χ1v) is 36.3. The maximum atomic E-state index is 14.7. The van der Waals surface area contributed by atoms with Crippen LogP contribution in [0.25, 0.3) is 11.1 Å². The molecule has 0 spiro atoms. The van der Waals surface area contributed by atoms with Gasteiger partial charge in [-0.05, 0) is 192 Å². The molecular formula is C62H84ClF3N4O14P2S3. The van der Waals surface area contributed by atoms with Gasteiger partial charge in [-0.1, -0.05) is 66.2 Å². The number of hydrogen-bond donors (Lipinski definition) is 3. The molecule has 1 amide bonds. The number of anilines is 2. The average molecular weight is 1360 g/mol. The van der Waals surface area contributed by atoms with Gasteiger partial charge in [0.25, 0.3) is 25.8 Å². The Morgan fingerprint density at radius 2 is 1.20 bits per heavy atom. The number of hydrogen-bond acceptors (Lipinski definition) is 18. The molecule has 1 aliphatic rings. The normalized spacial score (nSPS) is 15.3. The summed E-state index contributed by atoms with van der Waals surface area (Å²) in [6.07, 6.45) is 0.592. The molecule has 1 fully saturated rings. The van der Waals surface area contributed by atoms with Crippen molar-refractivity contribution in [2.24, 2.45) is 5.92 Å². The van der Waals surface area contributed by atoms with Gasteiger partial charge in [0.2, 0.25) is 0 Å². The first-order chi connectivity index (χ1) is 41.1.